The number of carboxylic acid groups (broad SMARTS) is 1. The van der Waals surface area contributed by atoms with Crippen LogP contribution in [0, 0.1) is 0 Å². The number of hydrogen-bond acceptors (Lipinski definition) is 6. The second kappa shape index (κ2) is 8.53. The van der Waals surface area contributed by atoms with Crippen molar-refractivity contribution in [1.82, 2.24) is 14.8 Å². The number of aromatic nitrogens is 1. The van der Waals surface area contributed by atoms with Crippen LogP contribution < -0.4 is 0 Å². The molecule has 2 aromatic rings. The number of aliphatic carboxylic acids is 1. The summed E-state index contributed by atoms with van der Waals surface area (Å²) < 4.78 is 5.78. The van der Waals surface area contributed by atoms with Gasteiger partial charge in [-0.15, -0.1) is 11.3 Å². The Bertz CT molecular complexity index is 692. The molecular weight excluding hydrogens is 338 g/mol. The highest BCUT2D eigenvalue weighted by molar-refractivity contribution is 7.15. The molecule has 0 aliphatic carbocycles. The van der Waals surface area contributed by atoms with Crippen LogP contribution in [0.3, 0.4) is 0 Å². The molecule has 1 N–H and O–H groups in total. The number of carbonyl (C=O) groups is 1. The number of thiazole rings is 1. The van der Waals surface area contributed by atoms with Gasteiger partial charge in [0.25, 0.3) is 0 Å². The standard InChI is InChI=1S/C18H23N3O3S/c1-20(13-17(22)23)10-15-11-21(7-8-24-15)12-16-9-19-18(25-16)14-5-3-2-4-6-14/h2-6,9,15H,7-8,10-13H2,1H3,(H,22,23). The molecule has 0 spiro atoms. The van der Waals surface area contributed by atoms with E-state index in [9.17, 15) is 4.79 Å². The zero-order valence-corrected chi connectivity index (χ0v) is 15.1. The zero-order valence-electron chi connectivity index (χ0n) is 14.3. The summed E-state index contributed by atoms with van der Waals surface area (Å²) in [6.45, 7) is 3.89. The molecule has 1 aromatic carbocycles. The minimum atomic E-state index is -0.812. The van der Waals surface area contributed by atoms with E-state index < -0.39 is 5.97 Å². The Morgan fingerprint density at radius 1 is 1.44 bits per heavy atom. The van der Waals surface area contributed by atoms with E-state index in [1.807, 2.05) is 31.4 Å². The first-order valence-electron chi connectivity index (χ1n) is 8.34. The smallest absolute Gasteiger partial charge is 0.317 e. The van der Waals surface area contributed by atoms with Gasteiger partial charge in [-0.1, -0.05) is 30.3 Å². The van der Waals surface area contributed by atoms with Crippen molar-refractivity contribution >= 4 is 17.3 Å². The van der Waals surface area contributed by atoms with E-state index in [1.165, 1.54) is 4.88 Å². The predicted molar refractivity (Wildman–Crippen MR) is 97.7 cm³/mol. The third-order valence-corrected chi connectivity index (χ3v) is 5.13. The molecule has 1 aliphatic rings. The van der Waals surface area contributed by atoms with E-state index in [-0.39, 0.29) is 12.6 Å². The van der Waals surface area contributed by atoms with Crippen LogP contribution in [0.4, 0.5) is 0 Å². The summed E-state index contributed by atoms with van der Waals surface area (Å²) in [6, 6.07) is 10.2. The van der Waals surface area contributed by atoms with E-state index >= 15 is 0 Å². The summed E-state index contributed by atoms with van der Waals surface area (Å²) in [5.74, 6) is -0.812. The molecule has 0 bridgehead atoms. The average molecular weight is 361 g/mol. The van der Waals surface area contributed by atoms with Crippen LogP contribution in [0.15, 0.2) is 36.5 Å². The minimum absolute atomic E-state index is 0.0368. The van der Waals surface area contributed by atoms with Gasteiger partial charge in [-0.25, -0.2) is 4.98 Å². The van der Waals surface area contributed by atoms with E-state index in [4.69, 9.17) is 9.84 Å². The van der Waals surface area contributed by atoms with Crippen LogP contribution in [0.25, 0.3) is 10.6 Å². The Labute approximate surface area is 151 Å². The van der Waals surface area contributed by atoms with Crippen LogP contribution in [0.5, 0.6) is 0 Å². The Kier molecular flexibility index (Phi) is 6.14. The van der Waals surface area contributed by atoms with Crippen molar-refractivity contribution in [2.75, 3.05) is 39.8 Å². The molecule has 0 saturated carbocycles. The Hall–Kier alpha value is -1.80. The lowest BCUT2D eigenvalue weighted by Gasteiger charge is -2.34. The molecule has 7 heteroatoms. The summed E-state index contributed by atoms with van der Waals surface area (Å²) in [6.07, 6.45) is 1.99. The molecular formula is C18H23N3O3S. The molecule has 1 aromatic heterocycles. The molecule has 25 heavy (non-hydrogen) atoms. The van der Waals surface area contributed by atoms with E-state index in [1.54, 1.807) is 16.2 Å². The minimum Gasteiger partial charge on any atom is -0.480 e. The van der Waals surface area contributed by atoms with Gasteiger partial charge in [-0.2, -0.15) is 0 Å². The largest absolute Gasteiger partial charge is 0.480 e. The maximum Gasteiger partial charge on any atom is 0.317 e. The molecule has 1 saturated heterocycles. The second-order valence-corrected chi connectivity index (χ2v) is 7.43. The first kappa shape index (κ1) is 18.0. The lowest BCUT2D eigenvalue weighted by molar-refractivity contribution is -0.138. The number of morpholine rings is 1. The second-order valence-electron chi connectivity index (χ2n) is 6.32. The van der Waals surface area contributed by atoms with Crippen molar-refractivity contribution in [1.29, 1.82) is 0 Å². The topological polar surface area (TPSA) is 65.9 Å². The van der Waals surface area contributed by atoms with Gasteiger partial charge in [-0.05, 0) is 7.05 Å². The molecule has 134 valence electrons. The third kappa shape index (κ3) is 5.34. The monoisotopic (exact) mass is 361 g/mol. The van der Waals surface area contributed by atoms with Crippen molar-refractivity contribution < 1.29 is 14.6 Å². The zero-order chi connectivity index (χ0) is 17.6. The molecule has 1 atom stereocenters. The van der Waals surface area contributed by atoms with Gasteiger partial charge in [0.2, 0.25) is 0 Å². The third-order valence-electron chi connectivity index (χ3n) is 4.10. The van der Waals surface area contributed by atoms with Crippen molar-refractivity contribution in [2.45, 2.75) is 12.6 Å². The summed E-state index contributed by atoms with van der Waals surface area (Å²) in [4.78, 5) is 20.7. The lowest BCUT2D eigenvalue weighted by atomic mass is 10.2. The van der Waals surface area contributed by atoms with Crippen LogP contribution in [-0.4, -0.2) is 71.8 Å². The number of nitrogens with zero attached hydrogens (tertiary/aromatic N) is 3. The first-order valence-corrected chi connectivity index (χ1v) is 9.16. The number of rotatable bonds is 7. The fourth-order valence-corrected chi connectivity index (χ4v) is 3.95. The summed E-state index contributed by atoms with van der Waals surface area (Å²) in [5.41, 5.74) is 1.15. The maximum absolute atomic E-state index is 10.8. The lowest BCUT2D eigenvalue weighted by Crippen LogP contribution is -2.47. The molecule has 1 unspecified atom stereocenters. The highest BCUT2D eigenvalue weighted by Gasteiger charge is 2.23. The van der Waals surface area contributed by atoms with Gasteiger partial charge in [0, 0.05) is 42.8 Å². The first-order chi connectivity index (χ1) is 12.1. The van der Waals surface area contributed by atoms with Crippen LogP contribution in [0.2, 0.25) is 0 Å². The fourth-order valence-electron chi connectivity index (χ4n) is 2.99. The summed E-state index contributed by atoms with van der Waals surface area (Å²) >= 11 is 1.72. The van der Waals surface area contributed by atoms with E-state index in [2.05, 4.69) is 22.0 Å². The number of ether oxygens (including phenoxy) is 1. The Balaban J connectivity index is 1.54. The number of benzene rings is 1. The summed E-state index contributed by atoms with van der Waals surface area (Å²) in [5, 5.41) is 9.90. The van der Waals surface area contributed by atoms with Gasteiger partial charge in [-0.3, -0.25) is 14.6 Å². The van der Waals surface area contributed by atoms with Gasteiger partial charge in [0.1, 0.15) is 5.01 Å². The normalized spacial score (nSPS) is 18.6. The van der Waals surface area contributed by atoms with Crippen LogP contribution in [0.1, 0.15) is 4.88 Å². The highest BCUT2D eigenvalue weighted by atomic mass is 32.1. The van der Waals surface area contributed by atoms with Crippen LogP contribution in [-0.2, 0) is 16.1 Å². The molecule has 3 rings (SSSR count). The molecule has 0 radical (unpaired) electrons. The molecule has 0 amide bonds. The van der Waals surface area contributed by atoms with Gasteiger partial charge >= 0.3 is 5.97 Å². The number of likely N-dealkylation sites (N-methyl/N-ethyl adjacent to an activating group) is 1. The van der Waals surface area contributed by atoms with Gasteiger partial charge in [0.15, 0.2) is 0 Å². The summed E-state index contributed by atoms with van der Waals surface area (Å²) in [7, 11) is 1.81. The SMILES string of the molecule is CN(CC(=O)O)CC1CN(Cc2cnc(-c3ccccc3)s2)CCO1. The predicted octanol–water partition coefficient (Wildman–Crippen LogP) is 2.03. The Morgan fingerprint density at radius 3 is 3.00 bits per heavy atom. The van der Waals surface area contributed by atoms with Crippen molar-refractivity contribution in [3.05, 3.63) is 41.4 Å². The molecule has 2 heterocycles. The molecule has 1 fully saturated rings. The van der Waals surface area contributed by atoms with E-state index in [0.29, 0.717) is 13.2 Å². The molecule has 6 nitrogen and oxygen atoms in total. The molecule has 1 aliphatic heterocycles. The van der Waals surface area contributed by atoms with Gasteiger partial charge in [0.05, 0.1) is 19.3 Å². The highest BCUT2D eigenvalue weighted by Crippen LogP contribution is 2.26. The maximum atomic E-state index is 10.8. The fraction of sp³-hybridized carbons (Fsp3) is 0.444. The van der Waals surface area contributed by atoms with Crippen LogP contribution >= 0.6 is 11.3 Å². The van der Waals surface area contributed by atoms with Crippen molar-refractivity contribution in [3.63, 3.8) is 0 Å². The number of hydrogen-bond donors (Lipinski definition) is 1. The average Bonchev–Trinajstić information content (AvgIpc) is 3.03. The number of carboxylic acids is 1. The van der Waals surface area contributed by atoms with Gasteiger partial charge < -0.3 is 9.84 Å². The van der Waals surface area contributed by atoms with Crippen molar-refractivity contribution in [3.8, 4) is 10.6 Å². The van der Waals surface area contributed by atoms with Crippen molar-refractivity contribution in [2.24, 2.45) is 0 Å². The Morgan fingerprint density at radius 2 is 2.24 bits per heavy atom. The quantitative estimate of drug-likeness (QED) is 0.814. The van der Waals surface area contributed by atoms with E-state index in [0.717, 1.165) is 30.2 Å².